The molecule has 0 aromatic rings. The molecular weight excluding hydrogens is 198 g/mol. The summed E-state index contributed by atoms with van der Waals surface area (Å²) in [7, 11) is 0. The van der Waals surface area contributed by atoms with E-state index in [2.05, 4.69) is 10.8 Å². The normalized spacial score (nSPS) is 46.5. The van der Waals surface area contributed by atoms with Crippen molar-refractivity contribution < 1.29 is 19.1 Å². The third-order valence-electron chi connectivity index (χ3n) is 3.57. The van der Waals surface area contributed by atoms with Crippen molar-refractivity contribution in [1.82, 2.24) is 0 Å². The first kappa shape index (κ1) is 8.86. The van der Waals surface area contributed by atoms with Crippen molar-refractivity contribution in [2.75, 3.05) is 0 Å². The molecule has 5 heteroatoms. The maximum atomic E-state index is 11.4. The first-order valence-electron chi connectivity index (χ1n) is 5.00. The van der Waals surface area contributed by atoms with Crippen molar-refractivity contribution in [2.45, 2.75) is 25.0 Å². The molecule has 78 valence electrons. The summed E-state index contributed by atoms with van der Waals surface area (Å²) in [4.78, 5) is 22.7. The molecule has 0 N–H and O–H groups in total. The van der Waals surface area contributed by atoms with Gasteiger partial charge in [-0.25, -0.2) is 0 Å². The lowest BCUT2D eigenvalue weighted by Gasteiger charge is -2.21. The summed E-state index contributed by atoms with van der Waals surface area (Å²) in [6.07, 6.45) is 0.587. The number of hydrogen-bond donors (Lipinski definition) is 0. The highest BCUT2D eigenvalue weighted by Gasteiger charge is 2.64. The summed E-state index contributed by atoms with van der Waals surface area (Å²) in [5, 5.41) is 8.62. The number of carbonyl (C=O) groups is 2. The van der Waals surface area contributed by atoms with Crippen molar-refractivity contribution in [1.29, 1.82) is 5.26 Å². The summed E-state index contributed by atoms with van der Waals surface area (Å²) < 4.78 is 10.2. The van der Waals surface area contributed by atoms with Gasteiger partial charge in [-0.05, 0) is 6.42 Å². The number of nitrogens with zero attached hydrogens (tertiary/aromatic N) is 1. The van der Waals surface area contributed by atoms with Gasteiger partial charge < -0.3 is 9.47 Å². The number of rotatable bonds is 1. The Hall–Kier alpha value is -1.41. The molecule has 5 nitrogen and oxygen atoms in total. The van der Waals surface area contributed by atoms with Crippen LogP contribution in [0.2, 0.25) is 0 Å². The molecule has 0 aromatic carbocycles. The average molecular weight is 207 g/mol. The minimum atomic E-state index is -0.472. The van der Waals surface area contributed by atoms with Crippen LogP contribution in [0, 0.1) is 29.1 Å². The van der Waals surface area contributed by atoms with Crippen LogP contribution in [0.3, 0.4) is 0 Å². The lowest BCUT2D eigenvalue weighted by Crippen LogP contribution is -2.34. The minimum absolute atomic E-state index is 0.0831. The molecule has 0 amide bonds. The summed E-state index contributed by atoms with van der Waals surface area (Å²) in [5.74, 6) is -1.69. The Bertz CT molecular complexity index is 385. The van der Waals surface area contributed by atoms with Gasteiger partial charge in [-0.15, -0.1) is 0 Å². The number of hydrogen-bond acceptors (Lipinski definition) is 5. The second kappa shape index (κ2) is 2.80. The second-order valence-corrected chi connectivity index (χ2v) is 4.29. The number of carbonyl (C=O) groups excluding carboxylic acids is 2. The minimum Gasteiger partial charge on any atom is -0.393 e. The standard InChI is InChI=1S/C10H9NO4/c11-2-1-4-3-5-6-7(8(4)14-5)10(13)15-9(6)12/h4-8H,1,3H2/t4-,5-,6+,7+,8+/m0/s1. The SMILES string of the molecule is N#CC[C@H]1C[C@@H]2O[C@H]1[C@@H]1C(=O)OC(=O)[C@@H]12. The maximum absolute atomic E-state index is 11.4. The van der Waals surface area contributed by atoms with Crippen LogP contribution in [-0.4, -0.2) is 24.1 Å². The zero-order valence-electron chi connectivity index (χ0n) is 7.88. The molecule has 3 fully saturated rings. The van der Waals surface area contributed by atoms with E-state index >= 15 is 0 Å². The van der Waals surface area contributed by atoms with Gasteiger partial charge in [0, 0.05) is 12.3 Å². The zero-order valence-corrected chi connectivity index (χ0v) is 7.88. The lowest BCUT2D eigenvalue weighted by atomic mass is 9.74. The largest absolute Gasteiger partial charge is 0.393 e. The smallest absolute Gasteiger partial charge is 0.320 e. The van der Waals surface area contributed by atoms with Gasteiger partial charge in [0.2, 0.25) is 0 Å². The van der Waals surface area contributed by atoms with Crippen molar-refractivity contribution in [3.05, 3.63) is 0 Å². The summed E-state index contributed by atoms with van der Waals surface area (Å²) in [6, 6.07) is 2.08. The lowest BCUT2D eigenvalue weighted by molar-refractivity contribution is -0.156. The summed E-state index contributed by atoms with van der Waals surface area (Å²) >= 11 is 0. The van der Waals surface area contributed by atoms with Gasteiger partial charge >= 0.3 is 11.9 Å². The van der Waals surface area contributed by atoms with Crippen LogP contribution in [0.4, 0.5) is 0 Å². The Labute approximate surface area is 85.9 Å². The van der Waals surface area contributed by atoms with Gasteiger partial charge in [0.1, 0.15) is 0 Å². The average Bonchev–Trinajstić information content (AvgIpc) is 2.80. The third-order valence-corrected chi connectivity index (χ3v) is 3.57. The zero-order chi connectivity index (χ0) is 10.6. The Morgan fingerprint density at radius 1 is 1.33 bits per heavy atom. The van der Waals surface area contributed by atoms with Crippen molar-refractivity contribution >= 4 is 11.9 Å². The monoisotopic (exact) mass is 207 g/mol. The van der Waals surface area contributed by atoms with E-state index in [1.54, 1.807) is 0 Å². The third kappa shape index (κ3) is 0.999. The van der Waals surface area contributed by atoms with Crippen LogP contribution >= 0.6 is 0 Å². The van der Waals surface area contributed by atoms with E-state index in [1.807, 2.05) is 0 Å². The molecule has 5 atom stereocenters. The number of ether oxygens (including phenoxy) is 2. The molecule has 0 radical (unpaired) electrons. The second-order valence-electron chi connectivity index (χ2n) is 4.29. The molecule has 0 saturated carbocycles. The fraction of sp³-hybridized carbons (Fsp3) is 0.700. The Balaban J connectivity index is 1.89. The summed E-state index contributed by atoms with van der Waals surface area (Å²) in [5.41, 5.74) is 0. The van der Waals surface area contributed by atoms with Gasteiger partial charge in [0.25, 0.3) is 0 Å². The Morgan fingerprint density at radius 3 is 2.80 bits per heavy atom. The molecule has 0 aliphatic carbocycles. The van der Waals surface area contributed by atoms with Gasteiger partial charge in [0.05, 0.1) is 30.1 Å². The molecule has 3 aliphatic rings. The first-order valence-corrected chi connectivity index (χ1v) is 5.00. The Kier molecular flexibility index (Phi) is 1.65. The van der Waals surface area contributed by atoms with E-state index in [0.29, 0.717) is 12.8 Å². The number of cyclic esters (lactones) is 2. The van der Waals surface area contributed by atoms with Crippen molar-refractivity contribution in [2.24, 2.45) is 17.8 Å². The molecule has 0 spiro atoms. The van der Waals surface area contributed by atoms with Gasteiger partial charge in [-0.2, -0.15) is 5.26 Å². The number of nitriles is 1. The van der Waals surface area contributed by atoms with Crippen LogP contribution < -0.4 is 0 Å². The molecule has 3 heterocycles. The van der Waals surface area contributed by atoms with Crippen LogP contribution in [0.15, 0.2) is 0 Å². The fourth-order valence-electron chi connectivity index (χ4n) is 2.98. The predicted molar refractivity (Wildman–Crippen MR) is 45.1 cm³/mol. The molecule has 0 unspecified atom stereocenters. The van der Waals surface area contributed by atoms with E-state index in [4.69, 9.17) is 10.00 Å². The molecule has 3 aliphatic heterocycles. The first-order chi connectivity index (χ1) is 7.22. The molecular formula is C10H9NO4. The van der Waals surface area contributed by atoms with E-state index in [0.717, 1.165) is 0 Å². The van der Waals surface area contributed by atoms with E-state index < -0.39 is 23.8 Å². The van der Waals surface area contributed by atoms with E-state index in [9.17, 15) is 9.59 Å². The van der Waals surface area contributed by atoms with Crippen molar-refractivity contribution in [3.63, 3.8) is 0 Å². The van der Waals surface area contributed by atoms with Crippen LogP contribution in [0.5, 0.6) is 0 Å². The molecule has 2 bridgehead atoms. The highest BCUT2D eigenvalue weighted by atomic mass is 16.6. The van der Waals surface area contributed by atoms with Crippen LogP contribution in [-0.2, 0) is 19.1 Å². The number of esters is 2. The van der Waals surface area contributed by atoms with E-state index in [-0.39, 0.29) is 18.1 Å². The highest BCUT2D eigenvalue weighted by Crippen LogP contribution is 2.51. The Morgan fingerprint density at radius 2 is 2.07 bits per heavy atom. The summed E-state index contributed by atoms with van der Waals surface area (Å²) in [6.45, 7) is 0. The van der Waals surface area contributed by atoms with Gasteiger partial charge in [0.15, 0.2) is 0 Å². The van der Waals surface area contributed by atoms with Gasteiger partial charge in [-0.3, -0.25) is 9.59 Å². The molecule has 3 saturated heterocycles. The van der Waals surface area contributed by atoms with Crippen molar-refractivity contribution in [3.8, 4) is 6.07 Å². The topological polar surface area (TPSA) is 76.4 Å². The molecule has 3 rings (SSSR count). The molecule has 0 aromatic heterocycles. The maximum Gasteiger partial charge on any atom is 0.320 e. The van der Waals surface area contributed by atoms with Gasteiger partial charge in [-0.1, -0.05) is 0 Å². The van der Waals surface area contributed by atoms with E-state index in [1.165, 1.54) is 0 Å². The van der Waals surface area contributed by atoms with Crippen LogP contribution in [0.25, 0.3) is 0 Å². The highest BCUT2D eigenvalue weighted by molar-refractivity contribution is 5.98. The predicted octanol–water partition coefficient (Wildman–Crippen LogP) is 0.00318. The van der Waals surface area contributed by atoms with Crippen LogP contribution in [0.1, 0.15) is 12.8 Å². The quantitative estimate of drug-likeness (QED) is 0.447. The number of fused-ring (bicyclic) bond motifs is 5. The fourth-order valence-corrected chi connectivity index (χ4v) is 2.98. The molecule has 15 heavy (non-hydrogen) atoms.